The molecule has 1 heterocycles. The first-order valence-corrected chi connectivity index (χ1v) is 7.07. The van der Waals surface area contributed by atoms with Gasteiger partial charge in [0.2, 0.25) is 5.88 Å². The lowest BCUT2D eigenvalue weighted by molar-refractivity contribution is -0.137. The van der Waals surface area contributed by atoms with Crippen LogP contribution < -0.4 is 4.74 Å². The van der Waals surface area contributed by atoms with Gasteiger partial charge in [0.1, 0.15) is 11.3 Å². The fraction of sp³-hybridized carbons (Fsp3) is 0.375. The van der Waals surface area contributed by atoms with Crippen molar-refractivity contribution >= 4 is 5.97 Å². The summed E-state index contributed by atoms with van der Waals surface area (Å²) in [5.74, 6) is -1.49. The van der Waals surface area contributed by atoms with Crippen molar-refractivity contribution in [2.75, 3.05) is 0 Å². The Hall–Kier alpha value is -2.51. The minimum Gasteiger partial charge on any atom is -0.477 e. The number of carbonyl (C=O) groups is 1. The molecule has 0 amide bonds. The Morgan fingerprint density at radius 1 is 1.25 bits per heavy atom. The highest BCUT2D eigenvalue weighted by molar-refractivity contribution is 5.92. The van der Waals surface area contributed by atoms with E-state index in [1.165, 1.54) is 23.9 Å². The molecule has 0 unspecified atom stereocenters. The third kappa shape index (κ3) is 3.52. The van der Waals surface area contributed by atoms with Gasteiger partial charge in [-0.05, 0) is 18.2 Å². The summed E-state index contributed by atoms with van der Waals surface area (Å²) in [7, 11) is 1.48. The number of carboxylic acids is 1. The van der Waals surface area contributed by atoms with Gasteiger partial charge in [-0.3, -0.25) is 0 Å². The van der Waals surface area contributed by atoms with E-state index in [-0.39, 0.29) is 17.2 Å². The number of benzene rings is 1. The molecule has 1 aromatic carbocycles. The zero-order valence-electron chi connectivity index (χ0n) is 13.6. The molecule has 0 saturated heterocycles. The van der Waals surface area contributed by atoms with Gasteiger partial charge in [-0.2, -0.15) is 18.3 Å². The molecule has 0 fully saturated rings. The molecule has 1 N–H and O–H groups in total. The van der Waals surface area contributed by atoms with E-state index in [1.54, 1.807) is 20.8 Å². The SMILES string of the molecule is Cn1nc(C(C)(C)C)c(C(=O)O)c1Oc1cccc(C(F)(F)F)c1. The second-order valence-electron chi connectivity index (χ2n) is 6.34. The second kappa shape index (κ2) is 5.85. The lowest BCUT2D eigenvalue weighted by atomic mass is 9.89. The number of rotatable bonds is 3. The van der Waals surface area contributed by atoms with Gasteiger partial charge in [0.25, 0.3) is 0 Å². The van der Waals surface area contributed by atoms with E-state index in [0.717, 1.165) is 12.1 Å². The number of nitrogens with zero attached hydrogens (tertiary/aromatic N) is 2. The Bertz CT molecular complexity index is 774. The molecule has 2 rings (SSSR count). The standard InChI is InChI=1S/C16H17F3N2O3/c1-15(2,3)12-11(14(22)23)13(21(4)20-12)24-10-7-5-6-9(8-10)16(17,18)19/h5-8H,1-4H3,(H,22,23). The van der Waals surface area contributed by atoms with E-state index in [0.29, 0.717) is 5.69 Å². The van der Waals surface area contributed by atoms with E-state index in [1.807, 2.05) is 0 Å². The number of hydrogen-bond donors (Lipinski definition) is 1. The molecular weight excluding hydrogens is 325 g/mol. The number of aryl methyl sites for hydroxylation is 1. The van der Waals surface area contributed by atoms with Crippen LogP contribution in [0, 0.1) is 0 Å². The van der Waals surface area contributed by atoms with Crippen molar-refractivity contribution in [3.8, 4) is 11.6 Å². The normalized spacial score (nSPS) is 12.3. The van der Waals surface area contributed by atoms with Gasteiger partial charge in [-0.1, -0.05) is 26.8 Å². The van der Waals surface area contributed by atoms with Crippen molar-refractivity contribution in [1.29, 1.82) is 0 Å². The largest absolute Gasteiger partial charge is 0.477 e. The molecule has 1 aromatic heterocycles. The third-order valence-corrected chi connectivity index (χ3v) is 3.29. The fourth-order valence-electron chi connectivity index (χ4n) is 2.19. The van der Waals surface area contributed by atoms with Gasteiger partial charge >= 0.3 is 12.1 Å². The molecule has 0 aliphatic carbocycles. The summed E-state index contributed by atoms with van der Waals surface area (Å²) in [6, 6.07) is 4.24. The summed E-state index contributed by atoms with van der Waals surface area (Å²) >= 11 is 0. The van der Waals surface area contributed by atoms with Crippen molar-refractivity contribution < 1.29 is 27.8 Å². The summed E-state index contributed by atoms with van der Waals surface area (Å²) in [4.78, 5) is 11.6. The molecule has 2 aromatic rings. The van der Waals surface area contributed by atoms with E-state index in [9.17, 15) is 23.1 Å². The summed E-state index contributed by atoms with van der Waals surface area (Å²) in [6.07, 6.45) is -4.52. The van der Waals surface area contributed by atoms with Crippen LogP contribution in [0.2, 0.25) is 0 Å². The molecule has 0 spiro atoms. The summed E-state index contributed by atoms with van der Waals surface area (Å²) in [6.45, 7) is 5.36. The minimum atomic E-state index is -4.52. The number of carboxylic acid groups (broad SMARTS) is 1. The average molecular weight is 342 g/mol. The monoisotopic (exact) mass is 342 g/mol. The van der Waals surface area contributed by atoms with Gasteiger partial charge in [0.15, 0.2) is 0 Å². The molecule has 0 atom stereocenters. The Morgan fingerprint density at radius 3 is 2.38 bits per heavy atom. The van der Waals surface area contributed by atoms with Gasteiger partial charge in [0.05, 0.1) is 11.3 Å². The van der Waals surface area contributed by atoms with E-state index in [2.05, 4.69) is 5.10 Å². The van der Waals surface area contributed by atoms with Crippen LogP contribution in [-0.2, 0) is 18.6 Å². The smallest absolute Gasteiger partial charge is 0.416 e. The van der Waals surface area contributed by atoms with Gasteiger partial charge in [-0.25, -0.2) is 9.48 Å². The zero-order valence-corrected chi connectivity index (χ0v) is 13.6. The first-order chi connectivity index (χ1) is 10.9. The van der Waals surface area contributed by atoms with Crippen molar-refractivity contribution in [1.82, 2.24) is 9.78 Å². The number of aromatic carboxylic acids is 1. The molecule has 0 aliphatic heterocycles. The van der Waals surface area contributed by atoms with Crippen LogP contribution in [0.4, 0.5) is 13.2 Å². The Morgan fingerprint density at radius 2 is 1.88 bits per heavy atom. The molecule has 0 saturated carbocycles. The molecule has 130 valence electrons. The first kappa shape index (κ1) is 17.8. The van der Waals surface area contributed by atoms with Crippen LogP contribution in [0.3, 0.4) is 0 Å². The third-order valence-electron chi connectivity index (χ3n) is 3.29. The predicted molar refractivity (Wildman–Crippen MR) is 80.4 cm³/mol. The second-order valence-corrected chi connectivity index (χ2v) is 6.34. The van der Waals surface area contributed by atoms with Gasteiger partial charge in [0, 0.05) is 12.5 Å². The fourth-order valence-corrected chi connectivity index (χ4v) is 2.19. The highest BCUT2D eigenvalue weighted by atomic mass is 19.4. The Balaban J connectivity index is 2.51. The minimum absolute atomic E-state index is 0.115. The van der Waals surface area contributed by atoms with Crippen molar-refractivity contribution in [2.24, 2.45) is 7.05 Å². The number of hydrogen-bond acceptors (Lipinski definition) is 3. The quantitative estimate of drug-likeness (QED) is 0.907. The van der Waals surface area contributed by atoms with Gasteiger partial charge < -0.3 is 9.84 Å². The molecule has 0 aliphatic rings. The topological polar surface area (TPSA) is 64.4 Å². The molecule has 0 radical (unpaired) electrons. The Kier molecular flexibility index (Phi) is 4.34. The van der Waals surface area contributed by atoms with Crippen LogP contribution in [-0.4, -0.2) is 20.9 Å². The van der Waals surface area contributed by atoms with E-state index < -0.39 is 23.1 Å². The molecule has 24 heavy (non-hydrogen) atoms. The van der Waals surface area contributed by atoms with Crippen LogP contribution >= 0.6 is 0 Å². The predicted octanol–water partition coefficient (Wildman–Crippen LogP) is 4.23. The lowest BCUT2D eigenvalue weighted by Gasteiger charge is -2.16. The number of halogens is 3. The van der Waals surface area contributed by atoms with Gasteiger partial charge in [-0.15, -0.1) is 0 Å². The van der Waals surface area contributed by atoms with E-state index in [4.69, 9.17) is 4.74 Å². The van der Waals surface area contributed by atoms with Crippen molar-refractivity contribution in [3.05, 3.63) is 41.1 Å². The first-order valence-electron chi connectivity index (χ1n) is 7.07. The number of ether oxygens (including phenoxy) is 1. The number of alkyl halides is 3. The Labute approximate surface area is 136 Å². The molecule has 8 heteroatoms. The zero-order chi connectivity index (χ0) is 18.3. The summed E-state index contributed by atoms with van der Waals surface area (Å²) in [5.41, 5.74) is -1.32. The molecule has 0 bridgehead atoms. The number of aromatic nitrogens is 2. The van der Waals surface area contributed by atoms with Crippen molar-refractivity contribution in [3.63, 3.8) is 0 Å². The maximum Gasteiger partial charge on any atom is 0.416 e. The highest BCUT2D eigenvalue weighted by Gasteiger charge is 2.33. The molecular formula is C16H17F3N2O3. The average Bonchev–Trinajstić information content (AvgIpc) is 2.76. The highest BCUT2D eigenvalue weighted by Crippen LogP contribution is 2.36. The van der Waals surface area contributed by atoms with Crippen molar-refractivity contribution in [2.45, 2.75) is 32.4 Å². The van der Waals surface area contributed by atoms with Crippen LogP contribution in [0.5, 0.6) is 11.6 Å². The maximum atomic E-state index is 12.8. The lowest BCUT2D eigenvalue weighted by Crippen LogP contribution is -2.16. The van der Waals surface area contributed by atoms with Crippen LogP contribution in [0.1, 0.15) is 42.4 Å². The molecule has 5 nitrogen and oxygen atoms in total. The van der Waals surface area contributed by atoms with Crippen LogP contribution in [0.25, 0.3) is 0 Å². The summed E-state index contributed by atoms with van der Waals surface area (Å²) < 4.78 is 45.0. The van der Waals surface area contributed by atoms with Crippen LogP contribution in [0.15, 0.2) is 24.3 Å². The maximum absolute atomic E-state index is 12.8. The van der Waals surface area contributed by atoms with E-state index >= 15 is 0 Å². The summed E-state index contributed by atoms with van der Waals surface area (Å²) in [5, 5.41) is 13.6.